The second-order valence-electron chi connectivity index (χ2n) is 5.41. The van der Waals surface area contributed by atoms with Crippen molar-refractivity contribution in [2.24, 2.45) is 0 Å². The van der Waals surface area contributed by atoms with E-state index in [0.717, 1.165) is 25.0 Å². The van der Waals surface area contributed by atoms with Crippen LogP contribution in [-0.4, -0.2) is 30.4 Å². The Morgan fingerprint density at radius 1 is 1.47 bits per heavy atom. The van der Waals surface area contributed by atoms with Crippen LogP contribution in [0.5, 0.6) is 0 Å². The van der Waals surface area contributed by atoms with E-state index >= 15 is 0 Å². The van der Waals surface area contributed by atoms with E-state index < -0.39 is 10.0 Å². The molecule has 0 radical (unpaired) electrons. The van der Waals surface area contributed by atoms with Crippen molar-refractivity contribution in [3.63, 3.8) is 0 Å². The Bertz CT molecular complexity index is 547. The van der Waals surface area contributed by atoms with Gasteiger partial charge in [-0.25, -0.2) is 8.42 Å². The highest BCUT2D eigenvalue weighted by Gasteiger charge is 2.32. The van der Waals surface area contributed by atoms with Gasteiger partial charge in [-0.05, 0) is 32.8 Å². The molecule has 0 aliphatic heterocycles. The van der Waals surface area contributed by atoms with E-state index in [0.29, 0.717) is 10.8 Å². The lowest BCUT2D eigenvalue weighted by Crippen LogP contribution is -2.41. The Labute approximate surface area is 120 Å². The predicted octanol–water partition coefficient (Wildman–Crippen LogP) is 2.98. The highest BCUT2D eigenvalue weighted by Crippen LogP contribution is 2.30. The molecule has 4 nitrogen and oxygen atoms in total. The van der Waals surface area contributed by atoms with Crippen molar-refractivity contribution in [3.05, 3.63) is 18.0 Å². The van der Waals surface area contributed by atoms with Gasteiger partial charge in [-0.3, -0.25) is 0 Å². The van der Waals surface area contributed by atoms with Gasteiger partial charge in [0.15, 0.2) is 0 Å². The molecule has 1 heterocycles. The number of rotatable bonds is 5. The van der Waals surface area contributed by atoms with Crippen LogP contribution in [-0.2, 0) is 15.9 Å². The zero-order valence-corrected chi connectivity index (χ0v) is 13.2. The zero-order valence-electron chi connectivity index (χ0n) is 11.6. The van der Waals surface area contributed by atoms with Gasteiger partial charge in [-0.2, -0.15) is 4.31 Å². The quantitative estimate of drug-likeness (QED) is 0.785. The first-order valence-corrected chi connectivity index (χ1v) is 8.60. The lowest BCUT2D eigenvalue weighted by atomic mass is 9.94. The van der Waals surface area contributed by atoms with E-state index in [4.69, 9.17) is 11.6 Å². The first kappa shape index (κ1) is 14.9. The van der Waals surface area contributed by atoms with Gasteiger partial charge in [-0.1, -0.05) is 6.42 Å². The van der Waals surface area contributed by atoms with Crippen LogP contribution in [0, 0.1) is 0 Å². The molecule has 1 fully saturated rings. The van der Waals surface area contributed by atoms with E-state index in [-0.39, 0.29) is 12.1 Å². The minimum atomic E-state index is -3.39. The molecule has 0 saturated heterocycles. The smallest absolute Gasteiger partial charge is 0.244 e. The normalized spacial score (nSPS) is 17.2. The van der Waals surface area contributed by atoms with Gasteiger partial charge in [0.05, 0.1) is 5.88 Å². The van der Waals surface area contributed by atoms with Gasteiger partial charge in [0.1, 0.15) is 4.90 Å². The van der Waals surface area contributed by atoms with E-state index in [2.05, 4.69) is 0 Å². The first-order valence-electron chi connectivity index (χ1n) is 6.62. The topological polar surface area (TPSA) is 42.3 Å². The molecule has 0 aromatic carbocycles. The van der Waals surface area contributed by atoms with Crippen LogP contribution in [0.1, 0.15) is 44.8 Å². The zero-order chi connectivity index (χ0) is 14.2. The third-order valence-electron chi connectivity index (χ3n) is 3.87. The Kier molecular flexibility index (Phi) is 4.28. The van der Waals surface area contributed by atoms with Crippen LogP contribution in [0.15, 0.2) is 17.2 Å². The average Bonchev–Trinajstić information content (AvgIpc) is 2.71. The molecule has 0 bridgehead atoms. The fourth-order valence-electron chi connectivity index (χ4n) is 2.34. The average molecular weight is 305 g/mol. The van der Waals surface area contributed by atoms with Gasteiger partial charge in [0, 0.05) is 31.0 Å². The fourth-order valence-corrected chi connectivity index (χ4v) is 4.02. The monoisotopic (exact) mass is 304 g/mol. The molecule has 0 unspecified atom stereocenters. The second kappa shape index (κ2) is 5.46. The highest BCUT2D eigenvalue weighted by molar-refractivity contribution is 7.89. The standard InChI is InChI=1S/C13H21ClN2O2S/c1-10(2)16-9-13(7-12(16)8-14)19(17,18)15(3)11-5-4-6-11/h7,9-11H,4-6,8H2,1-3H3. The SMILES string of the molecule is CC(C)n1cc(S(=O)(=O)N(C)C2CCC2)cc1CCl. The Morgan fingerprint density at radius 3 is 2.47 bits per heavy atom. The number of halogens is 1. The summed E-state index contributed by atoms with van der Waals surface area (Å²) in [7, 11) is -1.72. The summed E-state index contributed by atoms with van der Waals surface area (Å²) in [4.78, 5) is 0.353. The van der Waals surface area contributed by atoms with Crippen LogP contribution in [0.3, 0.4) is 0 Å². The molecule has 6 heteroatoms. The molecule has 1 aromatic rings. The molecule has 19 heavy (non-hydrogen) atoms. The van der Waals surface area contributed by atoms with Crippen LogP contribution >= 0.6 is 11.6 Å². The second-order valence-corrected chi connectivity index (χ2v) is 7.67. The maximum Gasteiger partial charge on any atom is 0.244 e. The highest BCUT2D eigenvalue weighted by atomic mass is 35.5. The van der Waals surface area contributed by atoms with Gasteiger partial charge in [0.25, 0.3) is 0 Å². The van der Waals surface area contributed by atoms with E-state index in [1.807, 2.05) is 18.4 Å². The summed E-state index contributed by atoms with van der Waals surface area (Å²) in [5.41, 5.74) is 0.845. The van der Waals surface area contributed by atoms with Crippen LogP contribution in [0.2, 0.25) is 0 Å². The first-order chi connectivity index (χ1) is 8.87. The summed E-state index contributed by atoms with van der Waals surface area (Å²) in [6.45, 7) is 4.03. The summed E-state index contributed by atoms with van der Waals surface area (Å²) >= 11 is 5.89. The van der Waals surface area contributed by atoms with Crippen molar-refractivity contribution >= 4 is 21.6 Å². The molecule has 108 valence electrons. The minimum Gasteiger partial charge on any atom is -0.346 e. The summed E-state index contributed by atoms with van der Waals surface area (Å²) in [6.07, 6.45) is 4.74. The van der Waals surface area contributed by atoms with Gasteiger partial charge < -0.3 is 4.57 Å². The van der Waals surface area contributed by atoms with E-state index in [1.165, 1.54) is 4.31 Å². The van der Waals surface area contributed by atoms with Gasteiger partial charge in [0.2, 0.25) is 10.0 Å². The van der Waals surface area contributed by atoms with E-state index in [9.17, 15) is 8.42 Å². The molecule has 1 aliphatic carbocycles. The number of hydrogen-bond acceptors (Lipinski definition) is 2. The number of aromatic nitrogens is 1. The van der Waals surface area contributed by atoms with Crippen molar-refractivity contribution in [1.82, 2.24) is 8.87 Å². The molecule has 1 saturated carbocycles. The molecule has 0 N–H and O–H groups in total. The summed E-state index contributed by atoms with van der Waals surface area (Å²) in [5.74, 6) is 0.320. The Hall–Kier alpha value is -0.520. The maximum atomic E-state index is 12.5. The fraction of sp³-hybridized carbons (Fsp3) is 0.692. The third kappa shape index (κ3) is 2.69. The number of sulfonamides is 1. The largest absolute Gasteiger partial charge is 0.346 e. The van der Waals surface area contributed by atoms with Gasteiger partial charge in [-0.15, -0.1) is 11.6 Å². The number of hydrogen-bond donors (Lipinski definition) is 0. The van der Waals surface area contributed by atoms with Crippen LogP contribution < -0.4 is 0 Å². The summed E-state index contributed by atoms with van der Waals surface area (Å²) in [6, 6.07) is 2.05. The van der Waals surface area contributed by atoms with Crippen LogP contribution in [0.4, 0.5) is 0 Å². The molecule has 1 aliphatic rings. The van der Waals surface area contributed by atoms with Gasteiger partial charge >= 0.3 is 0 Å². The van der Waals surface area contributed by atoms with Crippen molar-refractivity contribution in [3.8, 4) is 0 Å². The van der Waals surface area contributed by atoms with E-state index in [1.54, 1.807) is 19.3 Å². The molecule has 0 amide bonds. The van der Waals surface area contributed by atoms with Crippen molar-refractivity contribution in [1.29, 1.82) is 0 Å². The lowest BCUT2D eigenvalue weighted by Gasteiger charge is -2.33. The van der Waals surface area contributed by atoms with Crippen molar-refractivity contribution in [2.75, 3.05) is 7.05 Å². The molecular formula is C13H21ClN2O2S. The minimum absolute atomic E-state index is 0.159. The van der Waals surface area contributed by atoms with Crippen LogP contribution in [0.25, 0.3) is 0 Å². The molecule has 0 spiro atoms. The maximum absolute atomic E-state index is 12.5. The summed E-state index contributed by atoms with van der Waals surface area (Å²) in [5, 5.41) is 0. The lowest BCUT2D eigenvalue weighted by molar-refractivity contribution is 0.249. The Balaban J connectivity index is 2.34. The van der Waals surface area contributed by atoms with Crippen molar-refractivity contribution < 1.29 is 8.42 Å². The molecule has 0 atom stereocenters. The predicted molar refractivity (Wildman–Crippen MR) is 77.0 cm³/mol. The van der Waals surface area contributed by atoms with Crippen molar-refractivity contribution in [2.45, 2.75) is 56.0 Å². The molecule has 2 rings (SSSR count). The number of alkyl halides is 1. The molecular weight excluding hydrogens is 284 g/mol. The molecule has 1 aromatic heterocycles. The summed E-state index contributed by atoms with van der Waals surface area (Å²) < 4.78 is 28.5. The number of nitrogens with zero attached hydrogens (tertiary/aromatic N) is 2. The Morgan fingerprint density at radius 2 is 2.11 bits per heavy atom. The third-order valence-corrected chi connectivity index (χ3v) is 6.02.